The lowest BCUT2D eigenvalue weighted by molar-refractivity contribution is -0.193. The zero-order valence-electron chi connectivity index (χ0n) is 19.5. The van der Waals surface area contributed by atoms with Crippen molar-refractivity contribution in [2.45, 2.75) is 37.3 Å². The first kappa shape index (κ1) is 30.8. The Balaban J connectivity index is 0.000000301. The van der Waals surface area contributed by atoms with Gasteiger partial charge in [0, 0.05) is 25.9 Å². The predicted molar refractivity (Wildman–Crippen MR) is 112 cm³/mol. The van der Waals surface area contributed by atoms with Gasteiger partial charge >= 0.3 is 24.3 Å². The first-order chi connectivity index (χ1) is 17.6. The molecule has 2 aromatic rings. The molecule has 2 fully saturated rings. The third-order valence-electron chi connectivity index (χ3n) is 5.46. The topological polar surface area (TPSA) is 122 Å². The highest BCUT2D eigenvalue weighted by Gasteiger charge is 2.52. The van der Waals surface area contributed by atoms with E-state index in [1.165, 1.54) is 12.3 Å². The van der Waals surface area contributed by atoms with Crippen LogP contribution in [0.1, 0.15) is 18.6 Å². The van der Waals surface area contributed by atoms with E-state index in [0.29, 0.717) is 12.5 Å². The standard InChI is InChI=1S/C18H21FN2O3.2C2HF3O2/c19-16-4-1-7-20-17(16)23-9-5-14-6-10-24-18(14)12-21(13-18)11-15-3-2-8-22-15;2*3-2(4,5)1(6)7/h1-4,7-8,14H,5-6,9-13H2;2*(H,6,7). The van der Waals surface area contributed by atoms with E-state index in [9.17, 15) is 30.7 Å². The molecule has 2 aliphatic heterocycles. The molecule has 212 valence electrons. The molecule has 16 heteroatoms. The second-order valence-electron chi connectivity index (χ2n) is 8.16. The van der Waals surface area contributed by atoms with Crippen LogP contribution < -0.4 is 4.74 Å². The molecule has 0 saturated carbocycles. The van der Waals surface area contributed by atoms with Gasteiger partial charge < -0.3 is 24.1 Å². The maximum absolute atomic E-state index is 13.5. The third kappa shape index (κ3) is 9.16. The highest BCUT2D eigenvalue weighted by molar-refractivity contribution is 5.73. The van der Waals surface area contributed by atoms with Gasteiger partial charge in [0.15, 0.2) is 5.82 Å². The zero-order chi connectivity index (χ0) is 28.6. The Morgan fingerprint density at radius 3 is 2.18 bits per heavy atom. The SMILES string of the molecule is Fc1cccnc1OCCC1CCOC12CN(Cc1ccco1)C2.O=C(O)C(F)(F)F.O=C(O)C(F)(F)F. The van der Waals surface area contributed by atoms with Crippen molar-refractivity contribution in [1.29, 1.82) is 0 Å². The van der Waals surface area contributed by atoms with Crippen LogP contribution in [0, 0.1) is 11.7 Å². The molecule has 1 unspecified atom stereocenters. The van der Waals surface area contributed by atoms with E-state index >= 15 is 0 Å². The second-order valence-corrected chi connectivity index (χ2v) is 8.16. The Labute approximate surface area is 210 Å². The number of aliphatic carboxylic acids is 2. The summed E-state index contributed by atoms with van der Waals surface area (Å²) in [4.78, 5) is 24.0. The Bertz CT molecular complexity index is 1020. The molecule has 0 radical (unpaired) electrons. The van der Waals surface area contributed by atoms with E-state index in [2.05, 4.69) is 9.88 Å². The van der Waals surface area contributed by atoms with Gasteiger partial charge in [-0.05, 0) is 43.0 Å². The minimum atomic E-state index is -5.08. The molecular formula is C22H23F7N2O7. The Kier molecular flexibility index (Phi) is 10.5. The number of hydrogen-bond donors (Lipinski definition) is 2. The minimum absolute atomic E-state index is 0.0708. The maximum Gasteiger partial charge on any atom is 0.490 e. The number of pyridine rings is 1. The number of furan rings is 1. The highest BCUT2D eigenvalue weighted by Crippen LogP contribution is 2.42. The molecule has 0 aliphatic carbocycles. The monoisotopic (exact) mass is 560 g/mol. The van der Waals surface area contributed by atoms with E-state index in [1.807, 2.05) is 12.1 Å². The molecule has 2 aromatic heterocycles. The molecule has 4 rings (SSSR count). The molecule has 1 spiro atoms. The smallest absolute Gasteiger partial charge is 0.476 e. The van der Waals surface area contributed by atoms with Crippen LogP contribution in [0.15, 0.2) is 41.1 Å². The molecule has 2 aliphatic rings. The first-order valence-corrected chi connectivity index (χ1v) is 10.9. The van der Waals surface area contributed by atoms with Crippen LogP contribution in [0.3, 0.4) is 0 Å². The number of aromatic nitrogens is 1. The van der Waals surface area contributed by atoms with Crippen molar-refractivity contribution in [3.63, 3.8) is 0 Å². The summed E-state index contributed by atoms with van der Waals surface area (Å²) in [7, 11) is 0. The highest BCUT2D eigenvalue weighted by atomic mass is 19.4. The molecule has 0 amide bonds. The Hall–Kier alpha value is -3.40. The summed E-state index contributed by atoms with van der Waals surface area (Å²) in [6.07, 6.45) is -5.04. The van der Waals surface area contributed by atoms with Gasteiger partial charge in [-0.15, -0.1) is 0 Å². The fraction of sp³-hybridized carbons (Fsp3) is 0.500. The van der Waals surface area contributed by atoms with Crippen molar-refractivity contribution in [2.75, 3.05) is 26.3 Å². The van der Waals surface area contributed by atoms with Crippen LogP contribution in [-0.2, 0) is 20.9 Å². The van der Waals surface area contributed by atoms with Gasteiger partial charge in [0.1, 0.15) is 5.76 Å². The molecule has 2 N–H and O–H groups in total. The molecular weight excluding hydrogens is 537 g/mol. The number of likely N-dealkylation sites (tertiary alicyclic amines) is 1. The largest absolute Gasteiger partial charge is 0.490 e. The van der Waals surface area contributed by atoms with Crippen molar-refractivity contribution < 1.29 is 64.4 Å². The quantitative estimate of drug-likeness (QED) is 0.502. The maximum atomic E-state index is 13.5. The van der Waals surface area contributed by atoms with Crippen LogP contribution in [0.25, 0.3) is 0 Å². The van der Waals surface area contributed by atoms with E-state index in [1.54, 1.807) is 12.3 Å². The molecule has 0 bridgehead atoms. The summed E-state index contributed by atoms with van der Waals surface area (Å²) in [5, 5.41) is 14.2. The predicted octanol–water partition coefficient (Wildman–Crippen LogP) is 4.14. The molecule has 0 aromatic carbocycles. The molecule has 9 nitrogen and oxygen atoms in total. The van der Waals surface area contributed by atoms with Gasteiger partial charge in [-0.25, -0.2) is 19.0 Å². The van der Waals surface area contributed by atoms with Gasteiger partial charge in [-0.2, -0.15) is 26.3 Å². The number of alkyl halides is 6. The minimum Gasteiger partial charge on any atom is -0.476 e. The number of nitrogens with zero attached hydrogens (tertiary/aromatic N) is 2. The van der Waals surface area contributed by atoms with Gasteiger partial charge in [0.2, 0.25) is 5.88 Å². The Morgan fingerprint density at radius 1 is 1.08 bits per heavy atom. The fourth-order valence-corrected chi connectivity index (χ4v) is 3.76. The second kappa shape index (κ2) is 12.9. The number of halogens is 7. The average molecular weight is 560 g/mol. The summed E-state index contributed by atoms with van der Waals surface area (Å²) < 4.78 is 93.9. The lowest BCUT2D eigenvalue weighted by Crippen LogP contribution is -2.64. The van der Waals surface area contributed by atoms with Gasteiger partial charge in [-0.1, -0.05) is 0 Å². The number of carboxylic acids is 2. The van der Waals surface area contributed by atoms with Crippen molar-refractivity contribution in [3.8, 4) is 5.88 Å². The summed E-state index contributed by atoms with van der Waals surface area (Å²) in [6.45, 7) is 3.90. The lowest BCUT2D eigenvalue weighted by atomic mass is 9.79. The summed E-state index contributed by atoms with van der Waals surface area (Å²) in [6, 6.07) is 6.83. The van der Waals surface area contributed by atoms with Crippen LogP contribution >= 0.6 is 0 Å². The van der Waals surface area contributed by atoms with E-state index in [4.69, 9.17) is 33.7 Å². The van der Waals surface area contributed by atoms with E-state index in [0.717, 1.165) is 44.8 Å². The van der Waals surface area contributed by atoms with Crippen LogP contribution in [0.5, 0.6) is 5.88 Å². The molecule has 1 atom stereocenters. The van der Waals surface area contributed by atoms with Crippen molar-refractivity contribution in [3.05, 3.63) is 48.3 Å². The summed E-state index contributed by atoms with van der Waals surface area (Å²) >= 11 is 0. The van der Waals surface area contributed by atoms with Crippen LogP contribution in [-0.4, -0.2) is 76.3 Å². The molecule has 38 heavy (non-hydrogen) atoms. The van der Waals surface area contributed by atoms with Gasteiger partial charge in [0.25, 0.3) is 0 Å². The van der Waals surface area contributed by atoms with Crippen LogP contribution in [0.2, 0.25) is 0 Å². The van der Waals surface area contributed by atoms with Gasteiger partial charge in [-0.3, -0.25) is 4.90 Å². The number of hydrogen-bond acceptors (Lipinski definition) is 7. The zero-order valence-corrected chi connectivity index (χ0v) is 19.5. The van der Waals surface area contributed by atoms with Crippen LogP contribution in [0.4, 0.5) is 30.7 Å². The van der Waals surface area contributed by atoms with Crippen molar-refractivity contribution in [1.82, 2.24) is 9.88 Å². The number of rotatable bonds is 6. The van der Waals surface area contributed by atoms with Crippen molar-refractivity contribution in [2.24, 2.45) is 5.92 Å². The fourth-order valence-electron chi connectivity index (χ4n) is 3.76. The average Bonchev–Trinajstić information content (AvgIpc) is 3.45. The molecule has 2 saturated heterocycles. The Morgan fingerprint density at radius 2 is 1.68 bits per heavy atom. The number of carboxylic acid groups (broad SMARTS) is 2. The summed E-state index contributed by atoms with van der Waals surface area (Å²) in [5.41, 5.74) is -0.0708. The number of carbonyl (C=O) groups is 2. The normalized spacial score (nSPS) is 18.4. The lowest BCUT2D eigenvalue weighted by Gasteiger charge is -2.50. The van der Waals surface area contributed by atoms with E-state index in [-0.39, 0.29) is 11.5 Å². The summed E-state index contributed by atoms with van der Waals surface area (Å²) in [5.74, 6) is -4.42. The van der Waals surface area contributed by atoms with Gasteiger partial charge in [0.05, 0.1) is 25.0 Å². The van der Waals surface area contributed by atoms with E-state index < -0.39 is 30.1 Å². The number of ether oxygens (including phenoxy) is 2. The van der Waals surface area contributed by atoms with Crippen molar-refractivity contribution >= 4 is 11.9 Å². The third-order valence-corrected chi connectivity index (χ3v) is 5.46. The first-order valence-electron chi connectivity index (χ1n) is 10.9. The molecule has 4 heterocycles.